The molecule has 2 heterocycles. The van der Waals surface area contributed by atoms with E-state index in [1.165, 1.54) is 29.2 Å². The summed E-state index contributed by atoms with van der Waals surface area (Å²) in [5, 5.41) is 21.4. The lowest BCUT2D eigenvalue weighted by atomic mass is 10.1. The lowest BCUT2D eigenvalue weighted by molar-refractivity contribution is -0.384. The van der Waals surface area contributed by atoms with Gasteiger partial charge >= 0.3 is 0 Å². The van der Waals surface area contributed by atoms with E-state index in [9.17, 15) is 20.0 Å². The third kappa shape index (κ3) is 6.86. The van der Waals surface area contributed by atoms with Crippen LogP contribution in [0, 0.1) is 10.1 Å². The smallest absolute Gasteiger partial charge is 0.283 e. The zero-order chi connectivity index (χ0) is 27.9. The quantitative estimate of drug-likeness (QED) is 0.133. The van der Waals surface area contributed by atoms with Gasteiger partial charge in [-0.25, -0.2) is 15.0 Å². The van der Waals surface area contributed by atoms with Gasteiger partial charge < -0.3 is 14.7 Å². The van der Waals surface area contributed by atoms with Gasteiger partial charge in [-0.05, 0) is 24.5 Å². The normalized spacial score (nSPS) is 13.0. The monoisotopic (exact) mass is 531 g/mol. The van der Waals surface area contributed by atoms with Crippen molar-refractivity contribution in [3.63, 3.8) is 0 Å². The molecule has 39 heavy (non-hydrogen) atoms. The van der Waals surface area contributed by atoms with E-state index in [0.717, 1.165) is 11.1 Å². The zero-order valence-corrected chi connectivity index (χ0v) is 21.8. The minimum absolute atomic E-state index is 0.00971. The lowest BCUT2D eigenvalue weighted by Crippen LogP contribution is -2.26. The number of benzene rings is 2. The number of hydrogen-bond acceptors (Lipinski definition) is 9. The van der Waals surface area contributed by atoms with Crippen molar-refractivity contribution in [3.05, 3.63) is 98.1 Å². The maximum atomic E-state index is 13.6. The number of aliphatic imine (C=N–C) groups is 1. The predicted octanol–water partition coefficient (Wildman–Crippen LogP) is 3.20. The second kappa shape index (κ2) is 12.3. The first-order valence-electron chi connectivity index (χ1n) is 12.3. The highest BCUT2D eigenvalue weighted by Gasteiger charge is 2.23. The number of aliphatic hydroxyl groups is 1. The molecule has 0 bridgehead atoms. The van der Waals surface area contributed by atoms with Crippen molar-refractivity contribution in [3.8, 4) is 0 Å². The van der Waals surface area contributed by atoms with Crippen LogP contribution in [-0.2, 0) is 24.3 Å². The lowest BCUT2D eigenvalue weighted by Gasteiger charge is -2.20. The molecule has 2 aromatic heterocycles. The Bertz CT molecular complexity index is 1520. The maximum absolute atomic E-state index is 13.6. The fourth-order valence-electron chi connectivity index (χ4n) is 3.86. The van der Waals surface area contributed by atoms with Crippen LogP contribution in [0.5, 0.6) is 0 Å². The molecule has 2 aromatic carbocycles. The largest absolute Gasteiger partial charge is 0.390 e. The summed E-state index contributed by atoms with van der Waals surface area (Å²) in [6.07, 6.45) is 1.64. The molecule has 0 radical (unpaired) electrons. The molecule has 0 aliphatic rings. The summed E-state index contributed by atoms with van der Waals surface area (Å²) in [6, 6.07) is 15.7. The van der Waals surface area contributed by atoms with Gasteiger partial charge in [-0.3, -0.25) is 19.5 Å². The molecule has 4 rings (SSSR count). The summed E-state index contributed by atoms with van der Waals surface area (Å²) in [5.41, 5.74) is 1.72. The Labute approximate surface area is 224 Å². The van der Waals surface area contributed by atoms with Crippen LogP contribution < -0.4 is 5.56 Å². The van der Waals surface area contributed by atoms with Crippen molar-refractivity contribution in [1.82, 2.24) is 24.4 Å². The summed E-state index contributed by atoms with van der Waals surface area (Å²) < 4.78 is 7.35. The van der Waals surface area contributed by atoms with Crippen LogP contribution >= 0.6 is 0 Å². The van der Waals surface area contributed by atoms with Crippen molar-refractivity contribution in [2.24, 2.45) is 4.99 Å². The number of nitro benzene ring substituents is 1. The van der Waals surface area contributed by atoms with Crippen LogP contribution in [0.25, 0.3) is 11.2 Å². The molecular formula is C27H29N7O5. The molecule has 0 aliphatic carbocycles. The number of hydrogen-bond donors (Lipinski definition) is 1. The highest BCUT2D eigenvalue weighted by molar-refractivity contribution is 5.70. The Morgan fingerprint density at radius 3 is 2.49 bits per heavy atom. The molecule has 0 aliphatic heterocycles. The fraction of sp³-hybridized carbons (Fsp3) is 0.296. The minimum atomic E-state index is -0.915. The van der Waals surface area contributed by atoms with E-state index >= 15 is 0 Å². The van der Waals surface area contributed by atoms with Crippen molar-refractivity contribution >= 4 is 29.1 Å². The number of aromatic nitrogens is 4. The van der Waals surface area contributed by atoms with E-state index in [4.69, 9.17) is 4.74 Å². The standard InChI is InChI=1S/C27H29N7O5/c1-18(35)24(39-16-20-7-5-4-6-8-20)22-15-28-25-23(30-22)26(36)33(27(31-25)29-17-32(2)3)14-13-19-9-11-21(12-10-19)34(37)38/h4-12,15,17-18,24,35H,13-14,16H2,1-3H3/b29-17+/t18-,24-/m0/s1. The van der Waals surface area contributed by atoms with Crippen LogP contribution in [0.1, 0.15) is 29.8 Å². The Hall–Kier alpha value is -4.55. The van der Waals surface area contributed by atoms with Gasteiger partial charge in [0.05, 0.1) is 35.9 Å². The molecule has 0 saturated heterocycles. The number of ether oxygens (including phenoxy) is 1. The van der Waals surface area contributed by atoms with Gasteiger partial charge in [0.15, 0.2) is 11.2 Å². The Balaban J connectivity index is 1.69. The van der Waals surface area contributed by atoms with Crippen LogP contribution in [0.15, 0.2) is 70.6 Å². The second-order valence-corrected chi connectivity index (χ2v) is 9.18. The van der Waals surface area contributed by atoms with Crippen molar-refractivity contribution in [1.29, 1.82) is 0 Å². The number of non-ortho nitro benzene ring substituents is 1. The van der Waals surface area contributed by atoms with Gasteiger partial charge in [-0.2, -0.15) is 4.98 Å². The molecule has 0 saturated carbocycles. The molecule has 1 N–H and O–H groups in total. The Morgan fingerprint density at radius 2 is 1.85 bits per heavy atom. The average Bonchev–Trinajstić information content (AvgIpc) is 2.92. The summed E-state index contributed by atoms with van der Waals surface area (Å²) in [7, 11) is 3.59. The van der Waals surface area contributed by atoms with E-state index < -0.39 is 22.7 Å². The fourth-order valence-corrected chi connectivity index (χ4v) is 3.86. The molecule has 0 fully saturated rings. The Morgan fingerprint density at radius 1 is 1.13 bits per heavy atom. The summed E-state index contributed by atoms with van der Waals surface area (Å²) >= 11 is 0. The first-order valence-corrected chi connectivity index (χ1v) is 12.3. The number of nitrogens with zero attached hydrogens (tertiary/aromatic N) is 7. The van der Waals surface area contributed by atoms with Gasteiger partial charge in [0.25, 0.3) is 11.2 Å². The summed E-state index contributed by atoms with van der Waals surface area (Å²) in [6.45, 7) is 2.03. The molecule has 0 amide bonds. The molecule has 12 heteroatoms. The van der Waals surface area contributed by atoms with Crippen molar-refractivity contribution in [2.45, 2.75) is 38.7 Å². The van der Waals surface area contributed by atoms with E-state index in [-0.39, 0.29) is 36.0 Å². The highest BCUT2D eigenvalue weighted by Crippen LogP contribution is 2.23. The predicted molar refractivity (Wildman–Crippen MR) is 146 cm³/mol. The van der Waals surface area contributed by atoms with E-state index in [2.05, 4.69) is 19.9 Å². The topological polar surface area (TPSA) is 149 Å². The maximum Gasteiger partial charge on any atom is 0.283 e. The molecule has 4 aromatic rings. The molecular weight excluding hydrogens is 502 g/mol. The number of nitro groups is 1. The van der Waals surface area contributed by atoms with Gasteiger partial charge in [0.1, 0.15) is 6.10 Å². The van der Waals surface area contributed by atoms with Crippen molar-refractivity contribution < 1.29 is 14.8 Å². The third-order valence-electron chi connectivity index (χ3n) is 5.84. The zero-order valence-electron chi connectivity index (χ0n) is 21.8. The number of aliphatic hydroxyl groups excluding tert-OH is 1. The van der Waals surface area contributed by atoms with E-state index in [1.54, 1.807) is 38.1 Å². The molecule has 12 nitrogen and oxygen atoms in total. The van der Waals surface area contributed by atoms with Crippen LogP contribution in [0.3, 0.4) is 0 Å². The minimum Gasteiger partial charge on any atom is -0.390 e. The third-order valence-corrected chi connectivity index (χ3v) is 5.84. The average molecular weight is 532 g/mol. The molecule has 2 atom stereocenters. The molecule has 202 valence electrons. The number of fused-ring (bicyclic) bond motifs is 1. The van der Waals surface area contributed by atoms with Crippen molar-refractivity contribution in [2.75, 3.05) is 14.1 Å². The van der Waals surface area contributed by atoms with E-state index in [0.29, 0.717) is 12.1 Å². The molecule has 0 unspecified atom stereocenters. The second-order valence-electron chi connectivity index (χ2n) is 9.18. The van der Waals surface area contributed by atoms with Gasteiger partial charge in [0.2, 0.25) is 5.95 Å². The SMILES string of the molecule is C[C@H](O)[C@H](OCc1ccccc1)c1cnc2nc(/N=C/N(C)C)n(CCc3ccc([N+](=O)[O-])cc3)c(=O)c2n1. The first kappa shape index (κ1) is 27.5. The summed E-state index contributed by atoms with van der Waals surface area (Å²) in [5.74, 6) is 0.151. The van der Waals surface area contributed by atoms with Crippen LogP contribution in [0.2, 0.25) is 0 Å². The first-order chi connectivity index (χ1) is 18.7. The van der Waals surface area contributed by atoms with Crippen LogP contribution in [0.4, 0.5) is 11.6 Å². The summed E-state index contributed by atoms with van der Waals surface area (Å²) in [4.78, 5) is 43.5. The number of rotatable bonds is 11. The Kier molecular flexibility index (Phi) is 8.69. The van der Waals surface area contributed by atoms with Gasteiger partial charge in [0, 0.05) is 32.8 Å². The van der Waals surface area contributed by atoms with Gasteiger partial charge in [-0.15, -0.1) is 0 Å². The molecule has 0 spiro atoms. The highest BCUT2D eigenvalue weighted by atomic mass is 16.6. The van der Waals surface area contributed by atoms with Gasteiger partial charge in [-0.1, -0.05) is 42.5 Å². The van der Waals surface area contributed by atoms with Crippen LogP contribution in [-0.4, -0.2) is 61.0 Å². The van der Waals surface area contributed by atoms with E-state index in [1.807, 2.05) is 30.3 Å². The number of aryl methyl sites for hydroxylation is 1.